The molecule has 0 N–H and O–H groups in total. The number of nitrogens with zero attached hydrogens (tertiary/aromatic N) is 2. The number of furan rings is 1. The second-order valence-corrected chi connectivity index (χ2v) is 11.1. The minimum atomic E-state index is 0.191. The summed E-state index contributed by atoms with van der Waals surface area (Å²) in [6.07, 6.45) is 13.1. The summed E-state index contributed by atoms with van der Waals surface area (Å²) in [5.74, 6) is 0.381. The zero-order chi connectivity index (χ0) is 25.5. The Bertz CT molecular complexity index is 1110. The molecule has 3 heterocycles. The fraction of sp³-hybridized carbons (Fsp3) is 0.562. The highest BCUT2D eigenvalue weighted by Crippen LogP contribution is 2.31. The van der Waals surface area contributed by atoms with Gasteiger partial charge in [0.05, 0.1) is 0 Å². The number of carbonyl (C=O) groups excluding carboxylic acids is 2. The lowest BCUT2D eigenvalue weighted by atomic mass is 10.00. The van der Waals surface area contributed by atoms with Crippen LogP contribution in [0.1, 0.15) is 97.8 Å². The number of likely N-dealkylation sites (tertiary alicyclic amines) is 2. The Hall–Kier alpha value is -2.50. The van der Waals surface area contributed by atoms with E-state index < -0.39 is 0 Å². The van der Waals surface area contributed by atoms with Gasteiger partial charge in [0.1, 0.15) is 11.2 Å². The van der Waals surface area contributed by atoms with Crippen LogP contribution in [0.2, 0.25) is 0 Å². The van der Waals surface area contributed by atoms with Crippen LogP contribution in [0.25, 0.3) is 21.9 Å². The number of ketones is 2. The van der Waals surface area contributed by atoms with Crippen LogP contribution < -0.4 is 0 Å². The lowest BCUT2D eigenvalue weighted by molar-refractivity contribution is 0.0969. The van der Waals surface area contributed by atoms with Gasteiger partial charge in [-0.15, -0.1) is 0 Å². The Morgan fingerprint density at radius 2 is 1.03 bits per heavy atom. The van der Waals surface area contributed by atoms with Crippen LogP contribution in [0.5, 0.6) is 0 Å². The molecule has 198 valence electrons. The number of rotatable bonds is 12. The first kappa shape index (κ1) is 26.1. The maximum atomic E-state index is 12.9. The zero-order valence-corrected chi connectivity index (χ0v) is 22.3. The molecule has 0 amide bonds. The van der Waals surface area contributed by atoms with Crippen molar-refractivity contribution >= 4 is 33.5 Å². The van der Waals surface area contributed by atoms with Gasteiger partial charge in [0.15, 0.2) is 11.6 Å². The van der Waals surface area contributed by atoms with E-state index in [0.717, 1.165) is 71.8 Å². The van der Waals surface area contributed by atoms with E-state index in [2.05, 4.69) is 9.80 Å². The maximum absolute atomic E-state index is 12.9. The summed E-state index contributed by atoms with van der Waals surface area (Å²) < 4.78 is 6.02. The third kappa shape index (κ3) is 6.88. The van der Waals surface area contributed by atoms with E-state index in [1.165, 1.54) is 64.7 Å². The van der Waals surface area contributed by atoms with E-state index in [-0.39, 0.29) is 11.6 Å². The molecule has 3 aromatic rings. The quantitative estimate of drug-likeness (QED) is 0.193. The molecular formula is C32H42N2O3. The predicted octanol–water partition coefficient (Wildman–Crippen LogP) is 7.26. The number of piperidine rings is 2. The van der Waals surface area contributed by atoms with E-state index in [4.69, 9.17) is 4.42 Å². The Balaban J connectivity index is 1.17. The second kappa shape index (κ2) is 12.8. The first-order chi connectivity index (χ1) is 18.2. The van der Waals surface area contributed by atoms with Gasteiger partial charge in [0.25, 0.3) is 0 Å². The number of benzene rings is 2. The molecule has 2 aliphatic rings. The number of Topliss-reactive ketones (excluding diaryl/α,β-unsaturated/α-hetero) is 2. The molecule has 2 fully saturated rings. The van der Waals surface area contributed by atoms with Crippen molar-refractivity contribution in [3.8, 4) is 0 Å². The summed E-state index contributed by atoms with van der Waals surface area (Å²) >= 11 is 0. The topological polar surface area (TPSA) is 53.8 Å². The van der Waals surface area contributed by atoms with Gasteiger partial charge in [-0.25, -0.2) is 0 Å². The zero-order valence-electron chi connectivity index (χ0n) is 22.3. The van der Waals surface area contributed by atoms with Crippen molar-refractivity contribution < 1.29 is 14.0 Å². The highest BCUT2D eigenvalue weighted by Gasteiger charge is 2.15. The third-order valence-electron chi connectivity index (χ3n) is 8.27. The van der Waals surface area contributed by atoms with E-state index in [0.29, 0.717) is 12.8 Å². The molecule has 5 rings (SSSR count). The molecule has 0 spiro atoms. The van der Waals surface area contributed by atoms with Crippen molar-refractivity contribution in [2.45, 2.75) is 77.0 Å². The largest absolute Gasteiger partial charge is 0.456 e. The Morgan fingerprint density at radius 1 is 0.595 bits per heavy atom. The molecule has 5 nitrogen and oxygen atoms in total. The third-order valence-corrected chi connectivity index (χ3v) is 8.27. The number of fused-ring (bicyclic) bond motifs is 3. The van der Waals surface area contributed by atoms with Crippen LogP contribution in [0.3, 0.4) is 0 Å². The summed E-state index contributed by atoms with van der Waals surface area (Å²) in [6.45, 7) is 7.05. The average molecular weight is 503 g/mol. The van der Waals surface area contributed by atoms with Gasteiger partial charge >= 0.3 is 0 Å². The highest BCUT2D eigenvalue weighted by molar-refractivity contribution is 6.10. The van der Waals surface area contributed by atoms with Crippen molar-refractivity contribution in [3.05, 3.63) is 47.5 Å². The molecule has 1 aromatic heterocycles. The van der Waals surface area contributed by atoms with Gasteiger partial charge in [-0.2, -0.15) is 0 Å². The fourth-order valence-electron chi connectivity index (χ4n) is 6.02. The standard InChI is InChI=1S/C32H42N2O3/c35-29(11-3-9-21-33-17-5-1-6-18-33)25-13-15-31-27(23-25)28-24-26(14-16-32(28)37-31)30(36)12-4-10-22-34-19-7-2-8-20-34/h13-16,23-24H,1-12,17-22H2. The molecule has 2 aliphatic heterocycles. The van der Waals surface area contributed by atoms with E-state index in [1.54, 1.807) is 0 Å². The Labute approximate surface area is 221 Å². The lowest BCUT2D eigenvalue weighted by Crippen LogP contribution is -2.30. The van der Waals surface area contributed by atoms with Crippen molar-refractivity contribution in [1.82, 2.24) is 9.80 Å². The van der Waals surface area contributed by atoms with Gasteiger partial charge in [0.2, 0.25) is 0 Å². The van der Waals surface area contributed by atoms with E-state index in [9.17, 15) is 9.59 Å². The van der Waals surface area contributed by atoms with Crippen molar-refractivity contribution in [2.24, 2.45) is 0 Å². The highest BCUT2D eigenvalue weighted by atomic mass is 16.3. The fourth-order valence-corrected chi connectivity index (χ4v) is 6.02. The van der Waals surface area contributed by atoms with Crippen LogP contribution in [0.15, 0.2) is 40.8 Å². The summed E-state index contributed by atoms with van der Waals surface area (Å²) in [4.78, 5) is 30.9. The van der Waals surface area contributed by atoms with Gasteiger partial charge in [-0.1, -0.05) is 12.8 Å². The van der Waals surface area contributed by atoms with Crippen LogP contribution in [-0.4, -0.2) is 60.6 Å². The molecule has 37 heavy (non-hydrogen) atoms. The average Bonchev–Trinajstić information content (AvgIpc) is 3.31. The molecule has 0 bridgehead atoms. The maximum Gasteiger partial charge on any atom is 0.162 e. The Morgan fingerprint density at radius 3 is 1.46 bits per heavy atom. The van der Waals surface area contributed by atoms with E-state index in [1.807, 2.05) is 36.4 Å². The summed E-state index contributed by atoms with van der Waals surface area (Å²) in [5, 5.41) is 1.85. The molecule has 0 radical (unpaired) electrons. The minimum absolute atomic E-state index is 0.191. The molecule has 2 saturated heterocycles. The number of carbonyl (C=O) groups is 2. The lowest BCUT2D eigenvalue weighted by Gasteiger charge is -2.26. The van der Waals surface area contributed by atoms with Crippen molar-refractivity contribution in [2.75, 3.05) is 39.3 Å². The van der Waals surface area contributed by atoms with Crippen LogP contribution in [-0.2, 0) is 0 Å². The second-order valence-electron chi connectivity index (χ2n) is 11.1. The van der Waals surface area contributed by atoms with Crippen LogP contribution in [0.4, 0.5) is 0 Å². The SMILES string of the molecule is O=C(CCCCN1CCCCC1)c1ccc2oc3ccc(C(=O)CCCCN4CCCCC4)cc3c2c1. The normalized spacial score (nSPS) is 17.5. The van der Waals surface area contributed by atoms with Crippen molar-refractivity contribution in [1.29, 1.82) is 0 Å². The molecule has 0 aliphatic carbocycles. The van der Waals surface area contributed by atoms with Gasteiger partial charge in [-0.05, 0) is 127 Å². The van der Waals surface area contributed by atoms with Crippen molar-refractivity contribution in [3.63, 3.8) is 0 Å². The van der Waals surface area contributed by atoms with Crippen LogP contribution >= 0.6 is 0 Å². The van der Waals surface area contributed by atoms with Gasteiger partial charge in [0, 0.05) is 34.7 Å². The number of hydrogen-bond donors (Lipinski definition) is 0. The number of unbranched alkanes of at least 4 members (excludes halogenated alkanes) is 2. The molecule has 0 atom stereocenters. The molecule has 0 saturated carbocycles. The summed E-state index contributed by atoms with van der Waals surface area (Å²) in [5.41, 5.74) is 3.01. The molecular weight excluding hydrogens is 460 g/mol. The first-order valence-corrected chi connectivity index (χ1v) is 14.6. The van der Waals surface area contributed by atoms with E-state index >= 15 is 0 Å². The first-order valence-electron chi connectivity index (χ1n) is 14.6. The molecule has 0 unspecified atom stereocenters. The smallest absolute Gasteiger partial charge is 0.162 e. The monoisotopic (exact) mass is 502 g/mol. The summed E-state index contributed by atoms with van der Waals surface area (Å²) in [6, 6.07) is 11.5. The predicted molar refractivity (Wildman–Crippen MR) is 151 cm³/mol. The minimum Gasteiger partial charge on any atom is -0.456 e. The molecule has 2 aromatic carbocycles. The number of hydrogen-bond acceptors (Lipinski definition) is 5. The van der Waals surface area contributed by atoms with Crippen LogP contribution in [0, 0.1) is 0 Å². The summed E-state index contributed by atoms with van der Waals surface area (Å²) in [7, 11) is 0. The van der Waals surface area contributed by atoms with Gasteiger partial charge < -0.3 is 14.2 Å². The van der Waals surface area contributed by atoms with Gasteiger partial charge in [-0.3, -0.25) is 9.59 Å². The Kier molecular flexibility index (Phi) is 9.06. The molecule has 5 heteroatoms.